The fourth-order valence-corrected chi connectivity index (χ4v) is 4.49. The summed E-state index contributed by atoms with van der Waals surface area (Å²) in [5.41, 5.74) is 2.62. The molecule has 1 aliphatic rings. The number of amides is 1. The van der Waals surface area contributed by atoms with Crippen molar-refractivity contribution in [1.82, 2.24) is 5.32 Å². The molecule has 7 nitrogen and oxygen atoms in total. The van der Waals surface area contributed by atoms with E-state index >= 15 is 0 Å². The Labute approximate surface area is 181 Å². The van der Waals surface area contributed by atoms with Crippen molar-refractivity contribution in [1.29, 1.82) is 0 Å². The number of nitrogens with zero attached hydrogens (tertiary/aromatic N) is 1. The van der Waals surface area contributed by atoms with Crippen molar-refractivity contribution in [2.45, 2.75) is 18.4 Å². The van der Waals surface area contributed by atoms with Crippen molar-refractivity contribution in [3.8, 4) is 11.5 Å². The van der Waals surface area contributed by atoms with Crippen molar-refractivity contribution in [3.63, 3.8) is 0 Å². The molecule has 0 spiro atoms. The third kappa shape index (κ3) is 4.34. The van der Waals surface area contributed by atoms with Crippen LogP contribution in [0.5, 0.6) is 11.5 Å². The molecule has 1 aliphatic heterocycles. The van der Waals surface area contributed by atoms with Crippen LogP contribution in [0.2, 0.25) is 0 Å². The number of carbonyl (C=O) groups is 1. The van der Waals surface area contributed by atoms with Gasteiger partial charge in [-0.05, 0) is 60.5 Å². The van der Waals surface area contributed by atoms with E-state index in [0.29, 0.717) is 17.2 Å². The first kappa shape index (κ1) is 20.7. The monoisotopic (exact) mass is 438 g/mol. The lowest BCUT2D eigenvalue weighted by atomic mass is 10.2. The molecule has 0 saturated carbocycles. The van der Waals surface area contributed by atoms with Crippen LogP contribution >= 0.6 is 0 Å². The van der Waals surface area contributed by atoms with Gasteiger partial charge < -0.3 is 14.8 Å². The Balaban J connectivity index is 1.50. The number of fused-ring (bicyclic) bond motifs is 1. The molecule has 31 heavy (non-hydrogen) atoms. The largest absolute Gasteiger partial charge is 0.454 e. The fourth-order valence-electron chi connectivity index (χ4n) is 3.25. The van der Waals surface area contributed by atoms with E-state index in [1.165, 1.54) is 23.5 Å². The minimum atomic E-state index is -3.82. The van der Waals surface area contributed by atoms with Crippen molar-refractivity contribution >= 4 is 21.6 Å². The van der Waals surface area contributed by atoms with Crippen LogP contribution in [0.15, 0.2) is 71.6 Å². The number of benzene rings is 3. The van der Waals surface area contributed by atoms with E-state index in [2.05, 4.69) is 5.32 Å². The number of anilines is 1. The second-order valence-corrected chi connectivity index (χ2v) is 9.18. The van der Waals surface area contributed by atoms with Crippen molar-refractivity contribution in [2.24, 2.45) is 0 Å². The van der Waals surface area contributed by atoms with E-state index < -0.39 is 10.0 Å². The van der Waals surface area contributed by atoms with E-state index in [9.17, 15) is 13.2 Å². The van der Waals surface area contributed by atoms with Gasteiger partial charge in [-0.1, -0.05) is 24.3 Å². The van der Waals surface area contributed by atoms with E-state index in [1.54, 1.807) is 42.5 Å². The van der Waals surface area contributed by atoms with Crippen LogP contribution in [-0.4, -0.2) is 28.2 Å². The summed E-state index contributed by atoms with van der Waals surface area (Å²) >= 11 is 0. The Morgan fingerprint density at radius 3 is 2.58 bits per heavy atom. The lowest BCUT2D eigenvalue weighted by Crippen LogP contribution is -2.27. The predicted molar refractivity (Wildman–Crippen MR) is 117 cm³/mol. The molecule has 0 radical (unpaired) electrons. The number of hydrogen-bond donors (Lipinski definition) is 1. The van der Waals surface area contributed by atoms with Gasteiger partial charge in [0.25, 0.3) is 15.9 Å². The molecule has 1 heterocycles. The highest BCUT2D eigenvalue weighted by molar-refractivity contribution is 7.92. The highest BCUT2D eigenvalue weighted by atomic mass is 32.2. The number of aryl methyl sites for hydroxylation is 1. The summed E-state index contributed by atoms with van der Waals surface area (Å²) in [7, 11) is -2.32. The zero-order valence-corrected chi connectivity index (χ0v) is 18.0. The number of carbonyl (C=O) groups excluding carboxylic acids is 1. The average molecular weight is 439 g/mol. The van der Waals surface area contributed by atoms with Gasteiger partial charge in [-0.15, -0.1) is 0 Å². The Kier molecular flexibility index (Phi) is 5.56. The number of nitrogens with one attached hydrogen (secondary N) is 1. The Morgan fingerprint density at radius 2 is 1.77 bits per heavy atom. The van der Waals surface area contributed by atoms with Crippen molar-refractivity contribution in [3.05, 3.63) is 83.4 Å². The van der Waals surface area contributed by atoms with Crippen LogP contribution in [0.1, 0.15) is 21.5 Å². The van der Waals surface area contributed by atoms with Crippen LogP contribution in [0, 0.1) is 6.92 Å². The number of ether oxygens (including phenoxy) is 2. The first-order valence-electron chi connectivity index (χ1n) is 9.67. The van der Waals surface area contributed by atoms with Crippen molar-refractivity contribution < 1.29 is 22.7 Å². The molecular weight excluding hydrogens is 416 g/mol. The van der Waals surface area contributed by atoms with Gasteiger partial charge in [0, 0.05) is 19.2 Å². The third-order valence-corrected chi connectivity index (χ3v) is 6.79. The maximum atomic E-state index is 13.1. The van der Waals surface area contributed by atoms with Gasteiger partial charge in [0.1, 0.15) is 0 Å². The van der Waals surface area contributed by atoms with Gasteiger partial charge in [0.2, 0.25) is 6.79 Å². The minimum absolute atomic E-state index is 0.0484. The first-order valence-corrected chi connectivity index (χ1v) is 11.1. The lowest BCUT2D eigenvalue weighted by Gasteiger charge is -2.20. The quantitative estimate of drug-likeness (QED) is 0.637. The third-order valence-electron chi connectivity index (χ3n) is 5.01. The minimum Gasteiger partial charge on any atom is -0.454 e. The number of hydrogen-bond acceptors (Lipinski definition) is 5. The van der Waals surface area contributed by atoms with Gasteiger partial charge in [-0.25, -0.2) is 8.42 Å². The molecule has 0 aromatic heterocycles. The molecule has 0 fully saturated rings. The van der Waals surface area contributed by atoms with Crippen LogP contribution in [0.3, 0.4) is 0 Å². The maximum absolute atomic E-state index is 13.1. The topological polar surface area (TPSA) is 84.9 Å². The van der Waals surface area contributed by atoms with Gasteiger partial charge in [0.05, 0.1) is 10.6 Å². The molecule has 0 saturated heterocycles. The molecule has 0 atom stereocenters. The van der Waals surface area contributed by atoms with Gasteiger partial charge in [0.15, 0.2) is 11.5 Å². The van der Waals surface area contributed by atoms with Crippen molar-refractivity contribution in [2.75, 3.05) is 18.1 Å². The molecule has 3 aromatic rings. The standard InChI is InChI=1S/C23H22N2O5S/c1-16-5-3-7-19(11-16)25(2)31(27,28)20-8-4-6-18(13-20)23(26)24-14-17-9-10-21-22(12-17)30-15-29-21/h3-13H,14-15H2,1-2H3,(H,24,26). The zero-order valence-electron chi connectivity index (χ0n) is 17.2. The molecule has 8 heteroatoms. The Bertz CT molecular complexity index is 1240. The fraction of sp³-hybridized carbons (Fsp3) is 0.174. The highest BCUT2D eigenvalue weighted by Gasteiger charge is 2.22. The lowest BCUT2D eigenvalue weighted by molar-refractivity contribution is 0.0950. The molecular formula is C23H22N2O5S. The molecule has 4 rings (SSSR count). The zero-order chi connectivity index (χ0) is 22.0. The smallest absolute Gasteiger partial charge is 0.264 e. The Hall–Kier alpha value is -3.52. The molecule has 0 aliphatic carbocycles. The molecule has 1 N–H and O–H groups in total. The number of sulfonamides is 1. The Morgan fingerprint density at radius 1 is 1.00 bits per heavy atom. The summed E-state index contributed by atoms with van der Waals surface area (Å²) in [5.74, 6) is 0.942. The van der Waals surface area contributed by atoms with Gasteiger partial charge in [-0.3, -0.25) is 9.10 Å². The summed E-state index contributed by atoms with van der Waals surface area (Å²) in [6.45, 7) is 2.36. The first-order chi connectivity index (χ1) is 14.8. The van der Waals surface area contributed by atoms with E-state index in [0.717, 1.165) is 11.1 Å². The molecule has 3 aromatic carbocycles. The second-order valence-electron chi connectivity index (χ2n) is 7.21. The van der Waals surface area contributed by atoms with E-state index in [1.807, 2.05) is 19.1 Å². The van der Waals surface area contributed by atoms with E-state index in [4.69, 9.17) is 9.47 Å². The highest BCUT2D eigenvalue weighted by Crippen LogP contribution is 2.32. The number of rotatable bonds is 6. The summed E-state index contributed by atoms with van der Waals surface area (Å²) in [4.78, 5) is 12.7. The van der Waals surface area contributed by atoms with E-state index in [-0.39, 0.29) is 29.7 Å². The van der Waals surface area contributed by atoms with Gasteiger partial charge in [-0.2, -0.15) is 0 Å². The summed E-state index contributed by atoms with van der Waals surface area (Å²) in [5, 5.41) is 2.81. The summed E-state index contributed by atoms with van der Waals surface area (Å²) < 4.78 is 38.0. The molecule has 1 amide bonds. The molecule has 0 unspecified atom stereocenters. The second kappa shape index (κ2) is 8.31. The van der Waals surface area contributed by atoms with Crippen LogP contribution in [-0.2, 0) is 16.6 Å². The molecule has 160 valence electrons. The SMILES string of the molecule is Cc1cccc(N(C)S(=O)(=O)c2cccc(C(=O)NCc3ccc4c(c3)OCO4)c2)c1. The van der Waals surface area contributed by atoms with Crippen LogP contribution < -0.4 is 19.1 Å². The van der Waals surface area contributed by atoms with Crippen LogP contribution in [0.25, 0.3) is 0 Å². The maximum Gasteiger partial charge on any atom is 0.264 e. The van der Waals surface area contributed by atoms with Crippen LogP contribution in [0.4, 0.5) is 5.69 Å². The predicted octanol–water partition coefficient (Wildman–Crippen LogP) is 3.48. The average Bonchev–Trinajstić information content (AvgIpc) is 3.25. The molecule has 0 bridgehead atoms. The summed E-state index contributed by atoms with van der Waals surface area (Å²) in [6.07, 6.45) is 0. The summed E-state index contributed by atoms with van der Waals surface area (Å²) in [6, 6.07) is 18.7. The normalized spacial score (nSPS) is 12.5. The van der Waals surface area contributed by atoms with Gasteiger partial charge >= 0.3 is 0 Å².